The highest BCUT2D eigenvalue weighted by atomic mass is 35.5. The molecule has 0 bridgehead atoms. The van der Waals surface area contributed by atoms with Crippen LogP contribution in [0.5, 0.6) is 11.5 Å². The summed E-state index contributed by atoms with van der Waals surface area (Å²) >= 11 is 5.99. The first-order valence-electron chi connectivity index (χ1n) is 7.24. The first kappa shape index (κ1) is 16.1. The standard InChI is InChI=1S/C17H15ClN2O4/c1-23-13-5-3-12(4-6-13)19-16(21)9-20-10-17(22)24-15-7-2-11(18)8-14(15)20/h2-8H,9-10H2,1H3,(H,19,21). The quantitative estimate of drug-likeness (QED) is 0.681. The number of carbonyl (C=O) groups is 2. The van der Waals surface area contributed by atoms with Crippen molar-refractivity contribution in [1.82, 2.24) is 0 Å². The second-order valence-corrected chi connectivity index (χ2v) is 5.66. The third-order valence-corrected chi connectivity index (χ3v) is 3.75. The minimum absolute atomic E-state index is 0.00840. The minimum atomic E-state index is -0.415. The van der Waals surface area contributed by atoms with Crippen molar-refractivity contribution in [2.45, 2.75) is 0 Å². The van der Waals surface area contributed by atoms with E-state index in [2.05, 4.69) is 5.32 Å². The number of hydrogen-bond acceptors (Lipinski definition) is 5. The molecular weight excluding hydrogens is 332 g/mol. The molecule has 0 aromatic heterocycles. The lowest BCUT2D eigenvalue weighted by Crippen LogP contribution is -2.41. The number of anilines is 2. The van der Waals surface area contributed by atoms with Crippen molar-refractivity contribution >= 4 is 34.9 Å². The van der Waals surface area contributed by atoms with Crippen molar-refractivity contribution in [1.29, 1.82) is 0 Å². The van der Waals surface area contributed by atoms with Gasteiger partial charge < -0.3 is 19.7 Å². The number of nitrogens with zero attached hydrogens (tertiary/aromatic N) is 1. The molecule has 6 nitrogen and oxygen atoms in total. The predicted molar refractivity (Wildman–Crippen MR) is 90.9 cm³/mol. The molecule has 124 valence electrons. The predicted octanol–water partition coefficient (Wildman–Crippen LogP) is 2.71. The van der Waals surface area contributed by atoms with Crippen molar-refractivity contribution in [3.8, 4) is 11.5 Å². The fraction of sp³-hybridized carbons (Fsp3) is 0.176. The van der Waals surface area contributed by atoms with Gasteiger partial charge in [0.1, 0.15) is 12.3 Å². The highest BCUT2D eigenvalue weighted by molar-refractivity contribution is 6.31. The molecule has 3 rings (SSSR count). The van der Waals surface area contributed by atoms with Crippen molar-refractivity contribution in [3.05, 3.63) is 47.5 Å². The van der Waals surface area contributed by atoms with Crippen molar-refractivity contribution in [2.75, 3.05) is 30.4 Å². The first-order valence-corrected chi connectivity index (χ1v) is 7.62. The maximum atomic E-state index is 12.3. The van der Waals surface area contributed by atoms with E-state index in [1.165, 1.54) is 0 Å². The molecule has 0 fully saturated rings. The van der Waals surface area contributed by atoms with Crippen LogP contribution in [0.4, 0.5) is 11.4 Å². The van der Waals surface area contributed by atoms with Crippen LogP contribution in [0.25, 0.3) is 0 Å². The maximum Gasteiger partial charge on any atom is 0.331 e. The van der Waals surface area contributed by atoms with Crippen molar-refractivity contribution < 1.29 is 19.1 Å². The highest BCUT2D eigenvalue weighted by Crippen LogP contribution is 2.34. The molecule has 0 unspecified atom stereocenters. The molecule has 0 aliphatic carbocycles. The van der Waals surface area contributed by atoms with Crippen LogP contribution >= 0.6 is 11.6 Å². The summed E-state index contributed by atoms with van der Waals surface area (Å²) in [7, 11) is 1.58. The van der Waals surface area contributed by atoms with E-state index in [4.69, 9.17) is 21.1 Å². The average Bonchev–Trinajstić information content (AvgIpc) is 2.56. The molecule has 0 atom stereocenters. The second kappa shape index (κ2) is 6.80. The fourth-order valence-electron chi connectivity index (χ4n) is 2.41. The lowest BCUT2D eigenvalue weighted by atomic mass is 10.2. The van der Waals surface area contributed by atoms with Gasteiger partial charge in [0.05, 0.1) is 19.3 Å². The molecule has 1 heterocycles. The summed E-state index contributed by atoms with van der Waals surface area (Å²) < 4.78 is 10.2. The Morgan fingerprint density at radius 2 is 2.04 bits per heavy atom. The normalized spacial score (nSPS) is 13.1. The number of carbonyl (C=O) groups excluding carboxylic acids is 2. The molecule has 24 heavy (non-hydrogen) atoms. The highest BCUT2D eigenvalue weighted by Gasteiger charge is 2.25. The van der Waals surface area contributed by atoms with Gasteiger partial charge in [-0.3, -0.25) is 4.79 Å². The third kappa shape index (κ3) is 3.60. The largest absolute Gasteiger partial charge is 0.497 e. The van der Waals surface area contributed by atoms with E-state index < -0.39 is 5.97 Å². The van der Waals surface area contributed by atoms with Gasteiger partial charge >= 0.3 is 5.97 Å². The summed E-state index contributed by atoms with van der Waals surface area (Å²) in [6.07, 6.45) is 0. The number of fused-ring (bicyclic) bond motifs is 1. The Balaban J connectivity index is 1.72. The van der Waals surface area contributed by atoms with Crippen LogP contribution in [-0.4, -0.2) is 32.1 Å². The van der Waals surface area contributed by atoms with Crippen molar-refractivity contribution in [2.24, 2.45) is 0 Å². The van der Waals surface area contributed by atoms with E-state index in [1.807, 2.05) is 0 Å². The summed E-state index contributed by atoms with van der Waals surface area (Å²) in [4.78, 5) is 25.6. The van der Waals surface area contributed by atoms with E-state index >= 15 is 0 Å². The number of esters is 1. The van der Waals surface area contributed by atoms with Crippen LogP contribution in [0, 0.1) is 0 Å². The Morgan fingerprint density at radius 3 is 2.75 bits per heavy atom. The zero-order valence-electron chi connectivity index (χ0n) is 12.9. The van der Waals surface area contributed by atoms with E-state index in [1.54, 1.807) is 54.5 Å². The number of methoxy groups -OCH3 is 1. The molecule has 0 spiro atoms. The summed E-state index contributed by atoms with van der Waals surface area (Å²) in [6, 6.07) is 11.9. The average molecular weight is 347 g/mol. The van der Waals surface area contributed by atoms with E-state index in [-0.39, 0.29) is 19.0 Å². The minimum Gasteiger partial charge on any atom is -0.497 e. The molecule has 1 amide bonds. The van der Waals surface area contributed by atoms with Crippen LogP contribution in [0.15, 0.2) is 42.5 Å². The van der Waals surface area contributed by atoms with Gasteiger partial charge in [-0.25, -0.2) is 4.79 Å². The number of halogens is 1. The number of nitrogens with one attached hydrogen (secondary N) is 1. The molecule has 2 aromatic carbocycles. The number of hydrogen-bond donors (Lipinski definition) is 1. The van der Waals surface area contributed by atoms with Crippen LogP contribution < -0.4 is 19.7 Å². The second-order valence-electron chi connectivity index (χ2n) is 5.22. The zero-order valence-corrected chi connectivity index (χ0v) is 13.7. The van der Waals surface area contributed by atoms with Gasteiger partial charge in [0.15, 0.2) is 5.75 Å². The summed E-state index contributed by atoms with van der Waals surface area (Å²) in [5.74, 6) is 0.436. The molecule has 1 aliphatic rings. The number of rotatable bonds is 4. The van der Waals surface area contributed by atoms with Gasteiger partial charge in [0.2, 0.25) is 5.91 Å². The molecule has 1 aliphatic heterocycles. The van der Waals surface area contributed by atoms with Crippen LogP contribution in [0.2, 0.25) is 5.02 Å². The summed E-state index contributed by atoms with van der Waals surface area (Å²) in [5, 5.41) is 3.29. The monoisotopic (exact) mass is 346 g/mol. The van der Waals surface area contributed by atoms with Gasteiger partial charge in [0.25, 0.3) is 0 Å². The van der Waals surface area contributed by atoms with Crippen LogP contribution in [-0.2, 0) is 9.59 Å². The SMILES string of the molecule is COc1ccc(NC(=O)CN2CC(=O)Oc3ccc(Cl)cc32)cc1. The van der Waals surface area contributed by atoms with E-state index in [0.29, 0.717) is 27.9 Å². The first-order chi connectivity index (χ1) is 11.5. The number of ether oxygens (including phenoxy) is 2. The number of amides is 1. The van der Waals surface area contributed by atoms with Crippen LogP contribution in [0.3, 0.4) is 0 Å². The van der Waals surface area contributed by atoms with Gasteiger partial charge in [-0.2, -0.15) is 0 Å². The number of benzene rings is 2. The lowest BCUT2D eigenvalue weighted by Gasteiger charge is -2.29. The Morgan fingerprint density at radius 1 is 1.29 bits per heavy atom. The van der Waals surface area contributed by atoms with E-state index in [0.717, 1.165) is 0 Å². The van der Waals surface area contributed by atoms with Gasteiger partial charge in [0, 0.05) is 10.7 Å². The van der Waals surface area contributed by atoms with Gasteiger partial charge in [-0.1, -0.05) is 11.6 Å². The molecule has 0 saturated carbocycles. The smallest absolute Gasteiger partial charge is 0.331 e. The zero-order chi connectivity index (χ0) is 17.1. The molecule has 0 saturated heterocycles. The molecular formula is C17H15ClN2O4. The Kier molecular flexibility index (Phi) is 4.57. The summed E-state index contributed by atoms with van der Waals surface area (Å²) in [6.45, 7) is -0.00214. The summed E-state index contributed by atoms with van der Waals surface area (Å²) in [5.41, 5.74) is 1.26. The topological polar surface area (TPSA) is 67.9 Å². The van der Waals surface area contributed by atoms with Gasteiger partial charge in [-0.15, -0.1) is 0 Å². The maximum absolute atomic E-state index is 12.3. The Labute approximate surface area is 143 Å². The molecule has 1 N–H and O–H groups in total. The van der Waals surface area contributed by atoms with Gasteiger partial charge in [-0.05, 0) is 42.5 Å². The van der Waals surface area contributed by atoms with Crippen molar-refractivity contribution in [3.63, 3.8) is 0 Å². The fourth-order valence-corrected chi connectivity index (χ4v) is 2.58. The third-order valence-electron chi connectivity index (χ3n) is 3.51. The molecule has 0 radical (unpaired) electrons. The van der Waals surface area contributed by atoms with Crippen LogP contribution in [0.1, 0.15) is 0 Å². The Bertz CT molecular complexity index is 777. The Hall–Kier alpha value is -2.73. The lowest BCUT2D eigenvalue weighted by molar-refractivity contribution is -0.133. The van der Waals surface area contributed by atoms with E-state index in [9.17, 15) is 9.59 Å². The molecule has 7 heteroatoms. The molecule has 2 aromatic rings.